The Morgan fingerprint density at radius 1 is 1.22 bits per heavy atom. The molecule has 0 unspecified atom stereocenters. The lowest BCUT2D eigenvalue weighted by atomic mass is 9.87. The van der Waals surface area contributed by atoms with Gasteiger partial charge < -0.3 is 19.9 Å². The first kappa shape index (κ1) is 18.0. The van der Waals surface area contributed by atoms with Crippen molar-refractivity contribution in [2.75, 3.05) is 26.2 Å². The number of hydrogen-bond donors (Lipinski definition) is 2. The summed E-state index contributed by atoms with van der Waals surface area (Å²) in [5, 5.41) is 3.76. The maximum atomic E-state index is 12.9. The van der Waals surface area contributed by atoms with Gasteiger partial charge in [-0.25, -0.2) is 0 Å². The van der Waals surface area contributed by atoms with Gasteiger partial charge in [0.25, 0.3) is 5.91 Å². The van der Waals surface area contributed by atoms with Gasteiger partial charge in [0.15, 0.2) is 0 Å². The van der Waals surface area contributed by atoms with E-state index >= 15 is 0 Å². The highest BCUT2D eigenvalue weighted by molar-refractivity contribution is 6.31. The molecule has 2 aromatic rings. The van der Waals surface area contributed by atoms with Gasteiger partial charge in [0.05, 0.1) is 24.1 Å². The molecule has 2 fully saturated rings. The summed E-state index contributed by atoms with van der Waals surface area (Å²) in [6, 6.07) is 4.91. The topological polar surface area (TPSA) is 91.5 Å². The lowest BCUT2D eigenvalue weighted by molar-refractivity contribution is -0.127. The van der Waals surface area contributed by atoms with E-state index in [4.69, 9.17) is 16.3 Å². The second-order valence-corrected chi connectivity index (χ2v) is 7.51. The number of aromatic nitrogens is 1. The number of aromatic amines is 1. The normalized spacial score (nSPS) is 19.7. The predicted octanol–water partition coefficient (Wildman–Crippen LogP) is 1.69. The van der Waals surface area contributed by atoms with E-state index in [9.17, 15) is 14.4 Å². The number of piperidine rings is 1. The Morgan fingerprint density at radius 3 is 2.78 bits per heavy atom. The minimum Gasteiger partial charge on any atom is -0.372 e. The molecule has 27 heavy (non-hydrogen) atoms. The standard InChI is InChI=1S/C19H20ClN3O4/c20-12-1-2-13-15(9-12)22-11-14(17(13)25)18(26)23-6-3-19(4-7-23)10-16(24)21-5-8-27-19/h1-2,9,11H,3-8,10H2,(H,21,24)(H,22,25). The van der Waals surface area contributed by atoms with Crippen LogP contribution in [0.5, 0.6) is 0 Å². The maximum absolute atomic E-state index is 12.9. The van der Waals surface area contributed by atoms with Crippen LogP contribution in [0.4, 0.5) is 0 Å². The summed E-state index contributed by atoms with van der Waals surface area (Å²) in [6.07, 6.45) is 2.91. The van der Waals surface area contributed by atoms with Crippen LogP contribution in [0.25, 0.3) is 10.9 Å². The van der Waals surface area contributed by atoms with E-state index in [0.717, 1.165) is 0 Å². The van der Waals surface area contributed by atoms with Crippen LogP contribution in [-0.2, 0) is 9.53 Å². The average molecular weight is 390 g/mol. The van der Waals surface area contributed by atoms with E-state index in [2.05, 4.69) is 10.3 Å². The maximum Gasteiger partial charge on any atom is 0.259 e. The molecule has 8 heteroatoms. The third-order valence-corrected chi connectivity index (χ3v) is 5.59. The van der Waals surface area contributed by atoms with Crippen LogP contribution in [0, 0.1) is 0 Å². The fraction of sp³-hybridized carbons (Fsp3) is 0.421. The minimum atomic E-state index is -0.510. The molecule has 2 aliphatic rings. The Labute approximate surface area is 160 Å². The zero-order valence-corrected chi connectivity index (χ0v) is 15.5. The highest BCUT2D eigenvalue weighted by Gasteiger charge is 2.40. The third-order valence-electron chi connectivity index (χ3n) is 5.35. The molecule has 1 aromatic heterocycles. The SMILES string of the molecule is O=C1CC2(CCN(C(=O)c3c[nH]c4cc(Cl)ccc4c3=O)CC2)OCCN1. The number of fused-ring (bicyclic) bond motifs is 1. The van der Waals surface area contributed by atoms with E-state index in [1.807, 2.05) is 0 Å². The molecule has 4 rings (SSSR count). The molecule has 0 bridgehead atoms. The lowest BCUT2D eigenvalue weighted by Gasteiger charge is -2.40. The van der Waals surface area contributed by atoms with Crippen molar-refractivity contribution in [2.24, 2.45) is 0 Å². The number of benzene rings is 1. The second kappa shape index (κ2) is 6.98. The number of rotatable bonds is 1. The predicted molar refractivity (Wildman–Crippen MR) is 101 cm³/mol. The van der Waals surface area contributed by atoms with Crippen LogP contribution in [0.3, 0.4) is 0 Å². The first-order chi connectivity index (χ1) is 13.0. The first-order valence-corrected chi connectivity index (χ1v) is 9.36. The van der Waals surface area contributed by atoms with Crippen molar-refractivity contribution in [1.82, 2.24) is 15.2 Å². The fourth-order valence-electron chi connectivity index (χ4n) is 3.83. The smallest absolute Gasteiger partial charge is 0.259 e. The van der Waals surface area contributed by atoms with Gasteiger partial charge in [-0.15, -0.1) is 0 Å². The van der Waals surface area contributed by atoms with E-state index < -0.39 is 5.60 Å². The number of carbonyl (C=O) groups is 2. The number of nitrogens with zero attached hydrogens (tertiary/aromatic N) is 1. The molecule has 2 aliphatic heterocycles. The zero-order chi connectivity index (χ0) is 19.0. The average Bonchev–Trinajstić information content (AvgIpc) is 2.83. The molecule has 0 aliphatic carbocycles. The highest BCUT2D eigenvalue weighted by atomic mass is 35.5. The van der Waals surface area contributed by atoms with Crippen LogP contribution in [0.15, 0.2) is 29.2 Å². The molecular weight excluding hydrogens is 370 g/mol. The van der Waals surface area contributed by atoms with Gasteiger partial charge in [-0.2, -0.15) is 0 Å². The largest absolute Gasteiger partial charge is 0.372 e. The van der Waals surface area contributed by atoms with E-state index in [1.54, 1.807) is 23.1 Å². The number of carbonyl (C=O) groups excluding carboxylic acids is 2. The van der Waals surface area contributed by atoms with Crippen molar-refractivity contribution in [3.05, 3.63) is 45.2 Å². The van der Waals surface area contributed by atoms with Crippen LogP contribution < -0.4 is 10.7 Å². The van der Waals surface area contributed by atoms with Crippen LogP contribution in [-0.4, -0.2) is 53.5 Å². The molecule has 1 aromatic carbocycles. The molecule has 3 heterocycles. The van der Waals surface area contributed by atoms with Crippen molar-refractivity contribution in [1.29, 1.82) is 0 Å². The zero-order valence-electron chi connectivity index (χ0n) is 14.7. The van der Waals surface area contributed by atoms with Gasteiger partial charge in [-0.3, -0.25) is 14.4 Å². The number of pyridine rings is 1. The molecule has 7 nitrogen and oxygen atoms in total. The highest BCUT2D eigenvalue weighted by Crippen LogP contribution is 2.31. The number of likely N-dealkylation sites (tertiary alicyclic amines) is 1. The molecule has 2 N–H and O–H groups in total. The van der Waals surface area contributed by atoms with Crippen molar-refractivity contribution in [3.63, 3.8) is 0 Å². The molecule has 2 saturated heterocycles. The quantitative estimate of drug-likeness (QED) is 0.776. The number of hydrogen-bond acceptors (Lipinski definition) is 4. The summed E-state index contributed by atoms with van der Waals surface area (Å²) < 4.78 is 5.93. The van der Waals surface area contributed by atoms with Gasteiger partial charge >= 0.3 is 0 Å². The summed E-state index contributed by atoms with van der Waals surface area (Å²) in [7, 11) is 0. The molecule has 142 valence electrons. The summed E-state index contributed by atoms with van der Waals surface area (Å²) in [6.45, 7) is 1.89. The van der Waals surface area contributed by atoms with Gasteiger partial charge in [0, 0.05) is 36.2 Å². The van der Waals surface area contributed by atoms with Crippen molar-refractivity contribution in [3.8, 4) is 0 Å². The van der Waals surface area contributed by atoms with Crippen molar-refractivity contribution < 1.29 is 14.3 Å². The van der Waals surface area contributed by atoms with Gasteiger partial charge in [0.2, 0.25) is 11.3 Å². The lowest BCUT2D eigenvalue weighted by Crippen LogP contribution is -2.49. The first-order valence-electron chi connectivity index (χ1n) is 8.98. The number of nitrogens with one attached hydrogen (secondary N) is 2. The summed E-state index contributed by atoms with van der Waals surface area (Å²) in [5.41, 5.74) is -0.111. The van der Waals surface area contributed by atoms with Gasteiger partial charge in [-0.1, -0.05) is 11.6 Å². The summed E-state index contributed by atoms with van der Waals surface area (Å²) in [5.74, 6) is -0.321. The van der Waals surface area contributed by atoms with Crippen LogP contribution in [0.2, 0.25) is 5.02 Å². The molecular formula is C19H20ClN3O4. The Balaban J connectivity index is 1.54. The van der Waals surface area contributed by atoms with E-state index in [1.165, 1.54) is 6.20 Å². The number of H-pyrrole nitrogens is 1. The third kappa shape index (κ3) is 3.44. The number of ether oxygens (including phenoxy) is 1. The molecule has 0 atom stereocenters. The monoisotopic (exact) mass is 389 g/mol. The van der Waals surface area contributed by atoms with Crippen molar-refractivity contribution in [2.45, 2.75) is 24.9 Å². The molecule has 0 radical (unpaired) electrons. The molecule has 2 amide bonds. The van der Waals surface area contributed by atoms with E-state index in [0.29, 0.717) is 61.4 Å². The number of halogens is 1. The Morgan fingerprint density at radius 2 is 2.00 bits per heavy atom. The minimum absolute atomic E-state index is 0.0167. The van der Waals surface area contributed by atoms with Crippen LogP contribution >= 0.6 is 11.6 Å². The molecule has 1 spiro atoms. The Hall–Kier alpha value is -2.38. The summed E-state index contributed by atoms with van der Waals surface area (Å²) >= 11 is 5.95. The second-order valence-electron chi connectivity index (χ2n) is 7.07. The Kier molecular flexibility index (Phi) is 4.65. The van der Waals surface area contributed by atoms with E-state index in [-0.39, 0.29) is 22.8 Å². The summed E-state index contributed by atoms with van der Waals surface area (Å²) in [4.78, 5) is 42.1. The van der Waals surface area contributed by atoms with Gasteiger partial charge in [-0.05, 0) is 31.0 Å². The Bertz CT molecular complexity index is 963. The number of amides is 2. The molecule has 0 saturated carbocycles. The van der Waals surface area contributed by atoms with Crippen molar-refractivity contribution >= 4 is 34.3 Å². The fourth-order valence-corrected chi connectivity index (χ4v) is 4.00. The van der Waals surface area contributed by atoms with Gasteiger partial charge in [0.1, 0.15) is 5.56 Å². The van der Waals surface area contributed by atoms with Crippen LogP contribution in [0.1, 0.15) is 29.6 Å².